The minimum Gasteiger partial charge on any atom is -0.481 e. The van der Waals surface area contributed by atoms with Crippen LogP contribution in [-0.4, -0.2) is 11.1 Å². The van der Waals surface area contributed by atoms with E-state index in [2.05, 4.69) is 19.8 Å². The highest BCUT2D eigenvalue weighted by atomic mass is 16.4. The summed E-state index contributed by atoms with van der Waals surface area (Å²) in [4.78, 5) is 11.2. The first-order valence-electron chi connectivity index (χ1n) is 5.69. The third-order valence-electron chi connectivity index (χ3n) is 3.82. The van der Waals surface area contributed by atoms with E-state index in [4.69, 9.17) is 6.42 Å². The summed E-state index contributed by atoms with van der Waals surface area (Å²) >= 11 is 0. The fourth-order valence-corrected chi connectivity index (χ4v) is 2.52. The Balaban J connectivity index is 2.66. The Morgan fingerprint density at radius 2 is 2.07 bits per heavy atom. The van der Waals surface area contributed by atoms with Crippen molar-refractivity contribution in [2.45, 2.75) is 46.0 Å². The molecule has 0 spiro atoms. The molecule has 0 unspecified atom stereocenters. The van der Waals surface area contributed by atoms with Crippen LogP contribution in [0.3, 0.4) is 0 Å². The molecular weight excluding hydrogens is 188 g/mol. The number of carboxylic acids is 1. The van der Waals surface area contributed by atoms with E-state index in [-0.39, 0.29) is 0 Å². The van der Waals surface area contributed by atoms with Gasteiger partial charge in [-0.25, -0.2) is 0 Å². The van der Waals surface area contributed by atoms with E-state index in [0.29, 0.717) is 18.3 Å². The maximum absolute atomic E-state index is 11.2. The van der Waals surface area contributed by atoms with Crippen molar-refractivity contribution in [3.63, 3.8) is 0 Å². The van der Waals surface area contributed by atoms with Gasteiger partial charge in [0.1, 0.15) is 0 Å². The zero-order valence-electron chi connectivity index (χ0n) is 9.62. The van der Waals surface area contributed by atoms with Crippen LogP contribution in [-0.2, 0) is 4.79 Å². The molecule has 0 aromatic heterocycles. The maximum atomic E-state index is 11.2. The summed E-state index contributed by atoms with van der Waals surface area (Å²) in [7, 11) is 0. The molecule has 0 atom stereocenters. The molecular formula is C13H20O2. The summed E-state index contributed by atoms with van der Waals surface area (Å²) in [5, 5.41) is 9.25. The third-order valence-corrected chi connectivity index (χ3v) is 3.82. The molecule has 0 aromatic rings. The number of carboxylic acid groups (broad SMARTS) is 1. The molecule has 0 radical (unpaired) electrons. The topological polar surface area (TPSA) is 37.3 Å². The Morgan fingerprint density at radius 1 is 1.53 bits per heavy atom. The highest BCUT2D eigenvalue weighted by molar-refractivity contribution is 5.75. The van der Waals surface area contributed by atoms with Gasteiger partial charge >= 0.3 is 5.97 Å². The quantitative estimate of drug-likeness (QED) is 0.724. The SMILES string of the molecule is C#CCC1(C(=O)O)CCC(C(C)C)CC1. The zero-order chi connectivity index (χ0) is 11.5. The molecule has 0 bridgehead atoms. The molecule has 0 heterocycles. The molecule has 1 fully saturated rings. The van der Waals surface area contributed by atoms with E-state index >= 15 is 0 Å². The fraction of sp³-hybridized carbons (Fsp3) is 0.769. The van der Waals surface area contributed by atoms with Gasteiger partial charge in [-0.15, -0.1) is 12.3 Å². The summed E-state index contributed by atoms with van der Waals surface area (Å²) in [5.41, 5.74) is -0.625. The van der Waals surface area contributed by atoms with Gasteiger partial charge in [0.2, 0.25) is 0 Å². The number of terminal acetylenes is 1. The molecule has 0 amide bonds. The maximum Gasteiger partial charge on any atom is 0.310 e. The molecule has 1 rings (SSSR count). The van der Waals surface area contributed by atoms with E-state index in [1.807, 2.05) is 0 Å². The largest absolute Gasteiger partial charge is 0.481 e. The van der Waals surface area contributed by atoms with Crippen LogP contribution in [0.15, 0.2) is 0 Å². The summed E-state index contributed by atoms with van der Waals surface area (Å²) in [6, 6.07) is 0. The van der Waals surface area contributed by atoms with Crippen LogP contribution in [0.1, 0.15) is 46.0 Å². The highest BCUT2D eigenvalue weighted by Crippen LogP contribution is 2.43. The molecule has 0 saturated heterocycles. The Kier molecular flexibility index (Phi) is 3.79. The number of rotatable bonds is 3. The average molecular weight is 208 g/mol. The van der Waals surface area contributed by atoms with Crippen molar-refractivity contribution in [1.82, 2.24) is 0 Å². The van der Waals surface area contributed by atoms with Crippen molar-refractivity contribution in [3.8, 4) is 12.3 Å². The lowest BCUT2D eigenvalue weighted by molar-refractivity contribution is -0.151. The monoisotopic (exact) mass is 208 g/mol. The van der Waals surface area contributed by atoms with Gasteiger partial charge in [-0.3, -0.25) is 4.79 Å². The second kappa shape index (κ2) is 4.70. The Morgan fingerprint density at radius 3 is 2.40 bits per heavy atom. The van der Waals surface area contributed by atoms with Crippen molar-refractivity contribution in [1.29, 1.82) is 0 Å². The Labute approximate surface area is 92.1 Å². The fourth-order valence-electron chi connectivity index (χ4n) is 2.52. The van der Waals surface area contributed by atoms with Crippen molar-refractivity contribution in [2.24, 2.45) is 17.3 Å². The van der Waals surface area contributed by atoms with Crippen LogP contribution in [0, 0.1) is 29.6 Å². The first-order chi connectivity index (χ1) is 7.02. The molecule has 84 valence electrons. The minimum absolute atomic E-state index is 0.382. The number of hydrogen-bond acceptors (Lipinski definition) is 1. The van der Waals surface area contributed by atoms with Crippen molar-refractivity contribution >= 4 is 5.97 Å². The van der Waals surface area contributed by atoms with E-state index in [1.165, 1.54) is 0 Å². The molecule has 1 aliphatic rings. The van der Waals surface area contributed by atoms with Gasteiger partial charge < -0.3 is 5.11 Å². The van der Waals surface area contributed by atoms with Crippen LogP contribution in [0.2, 0.25) is 0 Å². The summed E-state index contributed by atoms with van der Waals surface area (Å²) < 4.78 is 0. The lowest BCUT2D eigenvalue weighted by Crippen LogP contribution is -2.36. The van der Waals surface area contributed by atoms with Gasteiger partial charge in [-0.05, 0) is 37.5 Å². The Hall–Kier alpha value is -0.970. The molecule has 1 saturated carbocycles. The number of carbonyl (C=O) groups is 1. The van der Waals surface area contributed by atoms with E-state index in [9.17, 15) is 9.90 Å². The second-order valence-electron chi connectivity index (χ2n) is 5.05. The molecule has 1 aliphatic carbocycles. The highest BCUT2D eigenvalue weighted by Gasteiger charge is 2.41. The van der Waals surface area contributed by atoms with Gasteiger partial charge in [0, 0.05) is 6.42 Å². The molecule has 15 heavy (non-hydrogen) atoms. The summed E-state index contributed by atoms with van der Waals surface area (Å²) in [6.45, 7) is 4.42. The molecule has 2 nitrogen and oxygen atoms in total. The van der Waals surface area contributed by atoms with Crippen LogP contribution in [0.25, 0.3) is 0 Å². The van der Waals surface area contributed by atoms with Crippen molar-refractivity contribution < 1.29 is 9.90 Å². The lowest BCUT2D eigenvalue weighted by atomic mass is 9.66. The lowest BCUT2D eigenvalue weighted by Gasteiger charge is -2.37. The second-order valence-corrected chi connectivity index (χ2v) is 5.05. The van der Waals surface area contributed by atoms with E-state index < -0.39 is 11.4 Å². The van der Waals surface area contributed by atoms with Crippen molar-refractivity contribution in [2.75, 3.05) is 0 Å². The predicted molar refractivity (Wildman–Crippen MR) is 60.3 cm³/mol. The van der Waals surface area contributed by atoms with Crippen LogP contribution >= 0.6 is 0 Å². The minimum atomic E-state index is -0.706. The van der Waals surface area contributed by atoms with E-state index in [0.717, 1.165) is 25.7 Å². The predicted octanol–water partition coefficient (Wildman–Crippen LogP) is 2.93. The summed E-state index contributed by atoms with van der Waals surface area (Å²) in [5.74, 6) is 3.15. The van der Waals surface area contributed by atoms with Gasteiger partial charge in [-0.1, -0.05) is 13.8 Å². The summed E-state index contributed by atoms with van der Waals surface area (Å²) in [6.07, 6.45) is 9.15. The van der Waals surface area contributed by atoms with Gasteiger partial charge in [0.05, 0.1) is 5.41 Å². The third kappa shape index (κ3) is 2.53. The van der Waals surface area contributed by atoms with Crippen molar-refractivity contribution in [3.05, 3.63) is 0 Å². The van der Waals surface area contributed by atoms with Crippen LogP contribution in [0.5, 0.6) is 0 Å². The van der Waals surface area contributed by atoms with Gasteiger partial charge in [0.25, 0.3) is 0 Å². The van der Waals surface area contributed by atoms with E-state index in [1.54, 1.807) is 0 Å². The van der Waals surface area contributed by atoms with Crippen LogP contribution in [0.4, 0.5) is 0 Å². The molecule has 0 aliphatic heterocycles. The van der Waals surface area contributed by atoms with Crippen LogP contribution < -0.4 is 0 Å². The van der Waals surface area contributed by atoms with Gasteiger partial charge in [0.15, 0.2) is 0 Å². The first-order valence-corrected chi connectivity index (χ1v) is 5.69. The molecule has 2 heteroatoms. The average Bonchev–Trinajstić information content (AvgIpc) is 2.18. The smallest absolute Gasteiger partial charge is 0.310 e. The van der Waals surface area contributed by atoms with Gasteiger partial charge in [-0.2, -0.15) is 0 Å². The molecule has 1 N–H and O–H groups in total. The Bertz CT molecular complexity index is 265. The normalized spacial score (nSPS) is 31.2. The standard InChI is InChI=1S/C13H20O2/c1-4-7-13(12(14)15)8-5-11(6-9-13)10(2)3/h1,10-11H,5-9H2,2-3H3,(H,14,15). The zero-order valence-corrected chi connectivity index (χ0v) is 9.62. The number of hydrogen-bond donors (Lipinski definition) is 1. The first kappa shape index (κ1) is 12.1. The molecule has 0 aromatic carbocycles. The number of aliphatic carboxylic acids is 1.